The zero-order valence-electron chi connectivity index (χ0n) is 18.6. The van der Waals surface area contributed by atoms with E-state index >= 15 is 0 Å². The average Bonchev–Trinajstić information content (AvgIpc) is 2.67. The number of rotatable bonds is 11. The van der Waals surface area contributed by atoms with Gasteiger partial charge >= 0.3 is 5.97 Å². The van der Waals surface area contributed by atoms with Crippen molar-refractivity contribution in [1.82, 2.24) is 0 Å². The van der Waals surface area contributed by atoms with Crippen molar-refractivity contribution < 1.29 is 24.5 Å². The third-order valence-corrected chi connectivity index (χ3v) is 4.74. The van der Waals surface area contributed by atoms with Crippen LogP contribution in [0.4, 0.5) is 0 Å². The molecule has 0 spiro atoms. The van der Waals surface area contributed by atoms with Gasteiger partial charge in [0.25, 0.3) is 0 Å². The summed E-state index contributed by atoms with van der Waals surface area (Å²) in [6.45, 7) is 8.39. The SMILES string of the molecule is COC(=O)C(C/C=C(\C)CC/C=C(\C)C/C=C/C(C)C)C(=O)c1ccc(O)cc1O. The maximum Gasteiger partial charge on any atom is 0.316 e. The van der Waals surface area contributed by atoms with E-state index in [2.05, 4.69) is 39.0 Å². The largest absolute Gasteiger partial charge is 0.508 e. The summed E-state index contributed by atoms with van der Waals surface area (Å²) in [6, 6.07) is 3.68. The minimum absolute atomic E-state index is 0.0118. The van der Waals surface area contributed by atoms with Crippen molar-refractivity contribution in [2.24, 2.45) is 11.8 Å². The molecule has 1 rings (SSSR count). The van der Waals surface area contributed by atoms with Crippen LogP contribution in [0, 0.1) is 11.8 Å². The monoisotopic (exact) mass is 414 g/mol. The number of carbonyl (C=O) groups excluding carboxylic acids is 2. The number of Topliss-reactive ketones (excluding diaryl/α,β-unsaturated/α-hetero) is 1. The van der Waals surface area contributed by atoms with Crippen LogP contribution in [-0.4, -0.2) is 29.1 Å². The summed E-state index contributed by atoms with van der Waals surface area (Å²) in [6.07, 6.45) is 11.3. The molecule has 1 aromatic rings. The first-order chi connectivity index (χ1) is 14.1. The molecular formula is C25H34O5. The molecule has 0 aliphatic heterocycles. The Morgan fingerprint density at radius 1 is 1.10 bits per heavy atom. The Morgan fingerprint density at radius 2 is 1.80 bits per heavy atom. The Bertz CT molecular complexity index is 815. The molecule has 0 fully saturated rings. The normalized spacial score (nSPS) is 13.7. The number of phenols is 2. The fourth-order valence-electron chi connectivity index (χ4n) is 2.95. The smallest absolute Gasteiger partial charge is 0.316 e. The maximum absolute atomic E-state index is 12.8. The van der Waals surface area contributed by atoms with Gasteiger partial charge in [0, 0.05) is 6.07 Å². The molecule has 0 aromatic heterocycles. The van der Waals surface area contributed by atoms with Crippen LogP contribution in [0.3, 0.4) is 0 Å². The highest BCUT2D eigenvalue weighted by Gasteiger charge is 2.29. The van der Waals surface area contributed by atoms with Gasteiger partial charge in [0.15, 0.2) is 5.78 Å². The highest BCUT2D eigenvalue weighted by Crippen LogP contribution is 2.27. The average molecular weight is 415 g/mol. The van der Waals surface area contributed by atoms with E-state index in [4.69, 9.17) is 4.74 Å². The summed E-state index contributed by atoms with van der Waals surface area (Å²) >= 11 is 0. The minimum atomic E-state index is -1.04. The summed E-state index contributed by atoms with van der Waals surface area (Å²) in [5.74, 6) is -2.18. The van der Waals surface area contributed by atoms with Gasteiger partial charge < -0.3 is 14.9 Å². The fourth-order valence-corrected chi connectivity index (χ4v) is 2.95. The number of allylic oxidation sites excluding steroid dienone is 6. The first-order valence-corrected chi connectivity index (χ1v) is 10.3. The number of benzene rings is 1. The Labute approximate surface area is 179 Å². The second kappa shape index (κ2) is 12.7. The lowest BCUT2D eigenvalue weighted by atomic mass is 9.92. The number of aromatic hydroxyl groups is 2. The van der Waals surface area contributed by atoms with Crippen molar-refractivity contribution in [3.05, 3.63) is 59.2 Å². The van der Waals surface area contributed by atoms with Crippen molar-refractivity contribution in [3.63, 3.8) is 0 Å². The van der Waals surface area contributed by atoms with E-state index in [0.29, 0.717) is 5.92 Å². The Balaban J connectivity index is 2.75. The van der Waals surface area contributed by atoms with Gasteiger partial charge in [0.1, 0.15) is 17.4 Å². The molecule has 0 bridgehead atoms. The predicted molar refractivity (Wildman–Crippen MR) is 120 cm³/mol. The van der Waals surface area contributed by atoms with Crippen LogP contribution in [0.25, 0.3) is 0 Å². The molecule has 0 radical (unpaired) electrons. The van der Waals surface area contributed by atoms with Gasteiger partial charge in [0.2, 0.25) is 0 Å². The summed E-state index contributed by atoms with van der Waals surface area (Å²) in [5, 5.41) is 19.3. The van der Waals surface area contributed by atoms with Crippen LogP contribution in [-0.2, 0) is 9.53 Å². The van der Waals surface area contributed by atoms with Crippen LogP contribution in [0.5, 0.6) is 11.5 Å². The predicted octanol–water partition coefficient (Wildman–Crippen LogP) is 5.73. The number of carbonyl (C=O) groups is 2. The van der Waals surface area contributed by atoms with Crippen LogP contribution >= 0.6 is 0 Å². The molecule has 0 amide bonds. The quantitative estimate of drug-likeness (QED) is 0.209. The Hall–Kier alpha value is -2.82. The van der Waals surface area contributed by atoms with Gasteiger partial charge in [-0.25, -0.2) is 0 Å². The molecular weight excluding hydrogens is 380 g/mol. The van der Waals surface area contributed by atoms with E-state index in [-0.39, 0.29) is 23.5 Å². The summed E-state index contributed by atoms with van der Waals surface area (Å²) in [4.78, 5) is 24.9. The molecule has 1 aromatic carbocycles. The van der Waals surface area contributed by atoms with Gasteiger partial charge in [-0.15, -0.1) is 0 Å². The van der Waals surface area contributed by atoms with E-state index in [1.54, 1.807) is 0 Å². The second-order valence-electron chi connectivity index (χ2n) is 7.89. The Kier molecular flexibility index (Phi) is 10.7. The van der Waals surface area contributed by atoms with Gasteiger partial charge in [-0.2, -0.15) is 0 Å². The number of esters is 1. The molecule has 5 heteroatoms. The molecule has 0 saturated carbocycles. The van der Waals surface area contributed by atoms with Crippen LogP contribution in [0.15, 0.2) is 53.6 Å². The van der Waals surface area contributed by atoms with Crippen LogP contribution < -0.4 is 0 Å². The Morgan fingerprint density at radius 3 is 2.40 bits per heavy atom. The minimum Gasteiger partial charge on any atom is -0.508 e. The highest BCUT2D eigenvalue weighted by atomic mass is 16.5. The van der Waals surface area contributed by atoms with Gasteiger partial charge in [0.05, 0.1) is 12.7 Å². The number of ether oxygens (including phenoxy) is 1. The zero-order valence-corrected chi connectivity index (χ0v) is 18.6. The molecule has 2 N–H and O–H groups in total. The molecule has 5 nitrogen and oxygen atoms in total. The van der Waals surface area contributed by atoms with Gasteiger partial charge in [-0.3, -0.25) is 9.59 Å². The number of hydrogen-bond donors (Lipinski definition) is 2. The molecule has 30 heavy (non-hydrogen) atoms. The fraction of sp³-hybridized carbons (Fsp3) is 0.440. The maximum atomic E-state index is 12.8. The summed E-state index contributed by atoms with van der Waals surface area (Å²) in [7, 11) is 1.23. The lowest BCUT2D eigenvalue weighted by Gasteiger charge is -2.13. The summed E-state index contributed by atoms with van der Waals surface area (Å²) < 4.78 is 4.78. The van der Waals surface area contributed by atoms with Crippen molar-refractivity contribution in [1.29, 1.82) is 0 Å². The van der Waals surface area contributed by atoms with Crippen molar-refractivity contribution in [3.8, 4) is 11.5 Å². The molecule has 1 atom stereocenters. The van der Waals surface area contributed by atoms with E-state index in [9.17, 15) is 19.8 Å². The van der Waals surface area contributed by atoms with Crippen molar-refractivity contribution in [2.75, 3.05) is 7.11 Å². The number of ketones is 1. The molecule has 0 heterocycles. The molecule has 0 aliphatic rings. The lowest BCUT2D eigenvalue weighted by Crippen LogP contribution is -2.25. The topological polar surface area (TPSA) is 83.8 Å². The van der Waals surface area contributed by atoms with Gasteiger partial charge in [-0.1, -0.05) is 49.3 Å². The second-order valence-corrected chi connectivity index (χ2v) is 7.89. The van der Waals surface area contributed by atoms with E-state index in [1.807, 2.05) is 13.0 Å². The zero-order chi connectivity index (χ0) is 22.7. The first kappa shape index (κ1) is 25.2. The molecule has 164 valence electrons. The lowest BCUT2D eigenvalue weighted by molar-refractivity contribution is -0.143. The molecule has 0 saturated heterocycles. The summed E-state index contributed by atoms with van der Waals surface area (Å²) in [5.41, 5.74) is 2.38. The number of methoxy groups -OCH3 is 1. The van der Waals surface area contributed by atoms with E-state index < -0.39 is 17.7 Å². The van der Waals surface area contributed by atoms with Crippen molar-refractivity contribution >= 4 is 11.8 Å². The highest BCUT2D eigenvalue weighted by molar-refractivity contribution is 6.10. The molecule has 1 unspecified atom stereocenters. The van der Waals surface area contributed by atoms with E-state index in [0.717, 1.165) is 30.9 Å². The van der Waals surface area contributed by atoms with E-state index in [1.165, 1.54) is 24.8 Å². The third kappa shape index (κ3) is 8.68. The standard InChI is InChI=1S/C25H34O5/c1-17(2)8-6-9-18(3)10-7-11-19(4)12-14-22(25(29)30-5)24(28)21-15-13-20(26)16-23(21)27/h6,8,10,12-13,15-17,22,26-27H,7,9,11,14H2,1-5H3/b8-6+,18-10+,19-12+. The van der Waals surface area contributed by atoms with Gasteiger partial charge in [-0.05, 0) is 57.6 Å². The van der Waals surface area contributed by atoms with Crippen LogP contribution in [0.2, 0.25) is 0 Å². The number of phenolic OH excluding ortho intramolecular Hbond substituents is 2. The van der Waals surface area contributed by atoms with Crippen LogP contribution in [0.1, 0.15) is 63.7 Å². The van der Waals surface area contributed by atoms with Crippen molar-refractivity contribution in [2.45, 2.75) is 53.4 Å². The molecule has 0 aliphatic carbocycles. The third-order valence-electron chi connectivity index (χ3n) is 4.74. The number of hydrogen-bond acceptors (Lipinski definition) is 5. The first-order valence-electron chi connectivity index (χ1n) is 10.3.